The molecule has 1 N–H and O–H groups in total. The van der Waals surface area contributed by atoms with E-state index in [-0.39, 0.29) is 5.82 Å². The highest BCUT2D eigenvalue weighted by molar-refractivity contribution is 5.85. The van der Waals surface area contributed by atoms with Crippen LogP contribution in [0.5, 0.6) is 0 Å². The van der Waals surface area contributed by atoms with E-state index in [9.17, 15) is 17.6 Å². The van der Waals surface area contributed by atoms with Crippen molar-refractivity contribution >= 4 is 22.5 Å². The fourth-order valence-corrected chi connectivity index (χ4v) is 2.90. The van der Waals surface area contributed by atoms with Crippen molar-refractivity contribution in [3.63, 3.8) is 0 Å². The predicted octanol–water partition coefficient (Wildman–Crippen LogP) is 5.30. The SMILES string of the molecule is Cc1c(Nc2ccc(C(F)(F)F)cn2)ncnc1-c1cc(F)c2cccnc2c1. The van der Waals surface area contributed by atoms with E-state index < -0.39 is 17.6 Å². The summed E-state index contributed by atoms with van der Waals surface area (Å²) in [6.45, 7) is 1.72. The van der Waals surface area contributed by atoms with Crippen LogP contribution in [-0.4, -0.2) is 19.9 Å². The zero-order chi connectivity index (χ0) is 20.6. The van der Waals surface area contributed by atoms with Crippen LogP contribution in [0, 0.1) is 12.7 Å². The minimum atomic E-state index is -4.46. The zero-order valence-corrected chi connectivity index (χ0v) is 15.0. The maximum atomic E-state index is 14.4. The molecule has 0 aliphatic rings. The Labute approximate surface area is 162 Å². The molecular weight excluding hydrogens is 386 g/mol. The number of pyridine rings is 2. The van der Waals surface area contributed by atoms with Crippen LogP contribution >= 0.6 is 0 Å². The third kappa shape index (κ3) is 3.71. The summed E-state index contributed by atoms with van der Waals surface area (Å²) >= 11 is 0. The summed E-state index contributed by atoms with van der Waals surface area (Å²) in [4.78, 5) is 16.3. The van der Waals surface area contributed by atoms with Crippen molar-refractivity contribution in [1.29, 1.82) is 0 Å². The van der Waals surface area contributed by atoms with Gasteiger partial charge in [0.2, 0.25) is 0 Å². The van der Waals surface area contributed by atoms with Crippen LogP contribution in [0.25, 0.3) is 22.2 Å². The van der Waals surface area contributed by atoms with Crippen LogP contribution in [-0.2, 0) is 6.18 Å². The van der Waals surface area contributed by atoms with Crippen molar-refractivity contribution in [2.75, 3.05) is 5.32 Å². The van der Waals surface area contributed by atoms with Crippen LogP contribution in [0.2, 0.25) is 0 Å². The lowest BCUT2D eigenvalue weighted by molar-refractivity contribution is -0.137. The first-order chi connectivity index (χ1) is 13.8. The highest BCUT2D eigenvalue weighted by Gasteiger charge is 2.30. The first-order valence-corrected chi connectivity index (χ1v) is 8.49. The molecule has 4 rings (SSSR count). The van der Waals surface area contributed by atoms with Gasteiger partial charge >= 0.3 is 6.18 Å². The highest BCUT2D eigenvalue weighted by atomic mass is 19.4. The molecule has 1 aromatic carbocycles. The van der Waals surface area contributed by atoms with Gasteiger partial charge in [0.15, 0.2) is 0 Å². The molecule has 0 saturated heterocycles. The number of rotatable bonds is 3. The smallest absolute Gasteiger partial charge is 0.325 e. The number of anilines is 2. The molecule has 146 valence electrons. The first-order valence-electron chi connectivity index (χ1n) is 8.49. The Morgan fingerprint density at radius 3 is 2.52 bits per heavy atom. The second kappa shape index (κ2) is 7.08. The molecule has 0 unspecified atom stereocenters. The molecule has 0 radical (unpaired) electrons. The average molecular weight is 399 g/mol. The lowest BCUT2D eigenvalue weighted by Gasteiger charge is -2.12. The maximum absolute atomic E-state index is 14.4. The summed E-state index contributed by atoms with van der Waals surface area (Å²) < 4.78 is 52.5. The Morgan fingerprint density at radius 2 is 1.79 bits per heavy atom. The minimum absolute atomic E-state index is 0.192. The molecule has 0 bridgehead atoms. The quantitative estimate of drug-likeness (QED) is 0.474. The summed E-state index contributed by atoms with van der Waals surface area (Å²) in [6.07, 6.45) is -0.862. The molecule has 0 fully saturated rings. The summed E-state index contributed by atoms with van der Waals surface area (Å²) in [5.74, 6) is 0.114. The standard InChI is InChI=1S/C20H13F4N5/c1-11-18(12-7-15(21)14-3-2-6-25-16(14)8-12)27-10-28-19(11)29-17-5-4-13(9-26-17)20(22,23)24/h2-10H,1H3,(H,26,27,28,29). The van der Waals surface area contributed by atoms with Gasteiger partial charge in [-0.25, -0.2) is 19.3 Å². The second-order valence-corrected chi connectivity index (χ2v) is 6.28. The third-order valence-corrected chi connectivity index (χ3v) is 4.37. The van der Waals surface area contributed by atoms with Crippen LogP contribution < -0.4 is 5.32 Å². The van der Waals surface area contributed by atoms with E-state index in [2.05, 4.69) is 25.3 Å². The molecule has 0 atom stereocenters. The van der Waals surface area contributed by atoms with Crippen molar-refractivity contribution < 1.29 is 17.6 Å². The number of hydrogen-bond donors (Lipinski definition) is 1. The van der Waals surface area contributed by atoms with Gasteiger partial charge in [-0.1, -0.05) is 0 Å². The molecular formula is C20H13F4N5. The molecule has 0 aliphatic heterocycles. The molecule has 5 nitrogen and oxygen atoms in total. The van der Waals surface area contributed by atoms with Gasteiger partial charge in [-0.3, -0.25) is 4.98 Å². The van der Waals surface area contributed by atoms with Crippen molar-refractivity contribution in [1.82, 2.24) is 19.9 Å². The topological polar surface area (TPSA) is 63.6 Å². The monoisotopic (exact) mass is 399 g/mol. The van der Waals surface area contributed by atoms with Gasteiger partial charge in [-0.05, 0) is 43.3 Å². The fraction of sp³-hybridized carbons (Fsp3) is 0.100. The van der Waals surface area contributed by atoms with E-state index in [1.54, 1.807) is 31.3 Å². The lowest BCUT2D eigenvalue weighted by Crippen LogP contribution is -2.06. The fourth-order valence-electron chi connectivity index (χ4n) is 2.90. The maximum Gasteiger partial charge on any atom is 0.417 e. The Bertz CT molecular complexity index is 1190. The summed E-state index contributed by atoms with van der Waals surface area (Å²) in [5.41, 5.74) is 1.21. The number of alkyl halides is 3. The number of nitrogens with zero attached hydrogens (tertiary/aromatic N) is 4. The molecule has 0 aliphatic carbocycles. The second-order valence-electron chi connectivity index (χ2n) is 6.28. The molecule has 4 aromatic rings. The first kappa shape index (κ1) is 18.7. The normalized spacial score (nSPS) is 11.6. The molecule has 29 heavy (non-hydrogen) atoms. The summed E-state index contributed by atoms with van der Waals surface area (Å²) in [5, 5.41) is 3.27. The third-order valence-electron chi connectivity index (χ3n) is 4.37. The largest absolute Gasteiger partial charge is 0.417 e. The Balaban J connectivity index is 1.69. The van der Waals surface area contributed by atoms with E-state index in [4.69, 9.17) is 0 Å². The average Bonchev–Trinajstić information content (AvgIpc) is 2.69. The van der Waals surface area contributed by atoms with E-state index in [0.717, 1.165) is 12.3 Å². The molecule has 3 heterocycles. The van der Waals surface area contributed by atoms with Gasteiger partial charge in [0.25, 0.3) is 0 Å². The Hall–Kier alpha value is -3.62. The molecule has 0 amide bonds. The van der Waals surface area contributed by atoms with Crippen LogP contribution in [0.15, 0.2) is 55.1 Å². The van der Waals surface area contributed by atoms with Gasteiger partial charge in [0, 0.05) is 28.9 Å². The Morgan fingerprint density at radius 1 is 0.966 bits per heavy atom. The summed E-state index contributed by atoms with van der Waals surface area (Å²) in [6, 6.07) is 8.51. The van der Waals surface area contributed by atoms with Gasteiger partial charge in [-0.15, -0.1) is 0 Å². The molecule has 0 spiro atoms. The minimum Gasteiger partial charge on any atom is -0.325 e. The van der Waals surface area contributed by atoms with Gasteiger partial charge < -0.3 is 5.32 Å². The number of nitrogens with one attached hydrogen (secondary N) is 1. The van der Waals surface area contributed by atoms with Crippen LogP contribution in [0.4, 0.5) is 29.2 Å². The Kier molecular flexibility index (Phi) is 4.57. The van der Waals surface area contributed by atoms with Crippen LogP contribution in [0.1, 0.15) is 11.1 Å². The van der Waals surface area contributed by atoms with Gasteiger partial charge in [-0.2, -0.15) is 13.2 Å². The number of fused-ring (bicyclic) bond motifs is 1. The predicted molar refractivity (Wildman–Crippen MR) is 100.0 cm³/mol. The van der Waals surface area contributed by atoms with E-state index in [1.807, 2.05) is 0 Å². The van der Waals surface area contributed by atoms with Gasteiger partial charge in [0.1, 0.15) is 23.8 Å². The summed E-state index contributed by atoms with van der Waals surface area (Å²) in [7, 11) is 0. The molecule has 0 saturated carbocycles. The van der Waals surface area contributed by atoms with Crippen molar-refractivity contribution in [3.8, 4) is 11.3 Å². The number of halogens is 4. The zero-order valence-electron chi connectivity index (χ0n) is 15.0. The van der Waals surface area contributed by atoms with E-state index >= 15 is 0 Å². The van der Waals surface area contributed by atoms with Crippen molar-refractivity contribution in [2.24, 2.45) is 0 Å². The van der Waals surface area contributed by atoms with Crippen LogP contribution in [0.3, 0.4) is 0 Å². The van der Waals surface area contributed by atoms with E-state index in [0.29, 0.717) is 33.5 Å². The number of benzene rings is 1. The van der Waals surface area contributed by atoms with Crippen molar-refractivity contribution in [2.45, 2.75) is 13.1 Å². The highest BCUT2D eigenvalue weighted by Crippen LogP contribution is 2.31. The van der Waals surface area contributed by atoms with Gasteiger partial charge in [0.05, 0.1) is 16.8 Å². The lowest BCUT2D eigenvalue weighted by atomic mass is 10.0. The number of hydrogen-bond acceptors (Lipinski definition) is 5. The molecule has 3 aromatic heterocycles. The number of aromatic nitrogens is 4. The van der Waals surface area contributed by atoms with Crippen molar-refractivity contribution in [3.05, 3.63) is 72.1 Å². The molecule has 9 heteroatoms. The van der Waals surface area contributed by atoms with E-state index in [1.165, 1.54) is 18.5 Å².